The van der Waals surface area contributed by atoms with Gasteiger partial charge in [-0.3, -0.25) is 4.90 Å². The van der Waals surface area contributed by atoms with Gasteiger partial charge in [0, 0.05) is 29.7 Å². The van der Waals surface area contributed by atoms with Crippen LogP contribution in [0.2, 0.25) is 0 Å². The molecule has 7 heteroatoms. The fourth-order valence-corrected chi connectivity index (χ4v) is 2.77. The number of benzene rings is 1. The average molecular weight is 416 g/mol. The van der Waals surface area contributed by atoms with E-state index in [1.807, 2.05) is 12.1 Å². The number of hydrogen-bond acceptors (Lipinski definition) is 4. The van der Waals surface area contributed by atoms with Gasteiger partial charge >= 0.3 is 0 Å². The van der Waals surface area contributed by atoms with Gasteiger partial charge in [0.1, 0.15) is 5.75 Å². The molecule has 22 heavy (non-hydrogen) atoms. The van der Waals surface area contributed by atoms with Crippen LogP contribution in [-0.4, -0.2) is 51.4 Å². The van der Waals surface area contributed by atoms with Gasteiger partial charge in [-0.1, -0.05) is 15.9 Å². The van der Waals surface area contributed by atoms with E-state index < -0.39 is 0 Å². The number of morpholine rings is 1. The number of halogens is 3. The maximum Gasteiger partial charge on any atom is 0.123 e. The van der Waals surface area contributed by atoms with Crippen LogP contribution in [0.5, 0.6) is 5.75 Å². The Labute approximate surface area is 153 Å². The molecule has 0 spiro atoms. The summed E-state index contributed by atoms with van der Waals surface area (Å²) >= 11 is 3.50. The summed E-state index contributed by atoms with van der Waals surface area (Å²) in [7, 11) is 1.71. The molecule has 128 valence electrons. The quantitative estimate of drug-likeness (QED) is 0.693. The van der Waals surface area contributed by atoms with Crippen molar-refractivity contribution in [3.8, 4) is 5.75 Å². The Bertz CT molecular complexity index is 419. The van der Waals surface area contributed by atoms with Crippen molar-refractivity contribution in [2.45, 2.75) is 13.0 Å². The van der Waals surface area contributed by atoms with Crippen molar-refractivity contribution >= 4 is 40.7 Å². The van der Waals surface area contributed by atoms with E-state index in [2.05, 4.69) is 32.2 Å². The first-order valence-corrected chi connectivity index (χ1v) is 7.92. The van der Waals surface area contributed by atoms with E-state index in [1.54, 1.807) is 7.11 Å². The molecule has 1 aliphatic rings. The average Bonchev–Trinajstić information content (AvgIpc) is 2.48. The van der Waals surface area contributed by atoms with Crippen LogP contribution in [0.4, 0.5) is 0 Å². The number of ether oxygens (including phenoxy) is 2. The second kappa shape index (κ2) is 12.4. The van der Waals surface area contributed by atoms with E-state index in [0.717, 1.165) is 62.6 Å². The number of methoxy groups -OCH3 is 1. The zero-order valence-electron chi connectivity index (χ0n) is 12.8. The maximum absolute atomic E-state index is 5.37. The van der Waals surface area contributed by atoms with Crippen molar-refractivity contribution in [3.63, 3.8) is 0 Å². The number of nitrogens with zero attached hydrogens (tertiary/aromatic N) is 1. The van der Waals surface area contributed by atoms with Gasteiger partial charge < -0.3 is 14.8 Å². The summed E-state index contributed by atoms with van der Waals surface area (Å²) in [6, 6.07) is 6.10. The maximum atomic E-state index is 5.37. The van der Waals surface area contributed by atoms with Crippen molar-refractivity contribution in [3.05, 3.63) is 28.2 Å². The molecule has 0 unspecified atom stereocenters. The van der Waals surface area contributed by atoms with Crippen LogP contribution >= 0.6 is 40.7 Å². The third kappa shape index (κ3) is 7.49. The summed E-state index contributed by atoms with van der Waals surface area (Å²) in [6.45, 7) is 6.90. The lowest BCUT2D eigenvalue weighted by Gasteiger charge is -2.26. The lowest BCUT2D eigenvalue weighted by Crippen LogP contribution is -2.37. The molecule has 2 rings (SSSR count). The fourth-order valence-electron chi connectivity index (χ4n) is 2.36. The summed E-state index contributed by atoms with van der Waals surface area (Å²) in [4.78, 5) is 2.46. The Hall–Kier alpha value is -0.0400. The second-order valence-electron chi connectivity index (χ2n) is 4.94. The number of nitrogens with one attached hydrogen (secondary N) is 1. The minimum Gasteiger partial charge on any atom is -0.496 e. The monoisotopic (exact) mass is 414 g/mol. The molecule has 0 amide bonds. The van der Waals surface area contributed by atoms with Gasteiger partial charge in [-0.05, 0) is 37.7 Å². The van der Waals surface area contributed by atoms with Crippen molar-refractivity contribution < 1.29 is 9.47 Å². The Morgan fingerprint density at radius 2 is 2.00 bits per heavy atom. The zero-order valence-corrected chi connectivity index (χ0v) is 16.1. The third-order valence-electron chi connectivity index (χ3n) is 3.49. The van der Waals surface area contributed by atoms with Crippen molar-refractivity contribution in [1.29, 1.82) is 0 Å². The van der Waals surface area contributed by atoms with Crippen molar-refractivity contribution in [1.82, 2.24) is 10.2 Å². The van der Waals surface area contributed by atoms with Gasteiger partial charge in [0.2, 0.25) is 0 Å². The first-order chi connectivity index (χ1) is 9.79. The molecular formula is C15H25BrCl2N2O2. The van der Waals surface area contributed by atoms with Crippen molar-refractivity contribution in [2.24, 2.45) is 0 Å². The molecule has 1 N–H and O–H groups in total. The van der Waals surface area contributed by atoms with Crippen LogP contribution in [0.15, 0.2) is 22.7 Å². The van der Waals surface area contributed by atoms with Crippen LogP contribution in [0, 0.1) is 0 Å². The summed E-state index contributed by atoms with van der Waals surface area (Å²) in [5, 5.41) is 3.48. The Kier molecular flexibility index (Phi) is 12.4. The van der Waals surface area contributed by atoms with E-state index in [0.29, 0.717) is 0 Å². The highest BCUT2D eigenvalue weighted by atomic mass is 79.9. The molecule has 0 atom stereocenters. The second-order valence-corrected chi connectivity index (χ2v) is 5.86. The number of hydrogen-bond donors (Lipinski definition) is 1. The fraction of sp³-hybridized carbons (Fsp3) is 0.600. The smallest absolute Gasteiger partial charge is 0.123 e. The zero-order chi connectivity index (χ0) is 14.2. The lowest BCUT2D eigenvalue weighted by molar-refractivity contribution is 0.0374. The molecule has 1 aliphatic heterocycles. The normalized spacial score (nSPS) is 14.8. The molecular weight excluding hydrogens is 391 g/mol. The molecule has 1 aromatic rings. The molecule has 0 aliphatic carbocycles. The van der Waals surface area contributed by atoms with Crippen LogP contribution in [0.1, 0.15) is 12.0 Å². The molecule has 4 nitrogen and oxygen atoms in total. The molecule has 1 fully saturated rings. The Balaban J connectivity index is 0.00000220. The van der Waals surface area contributed by atoms with E-state index >= 15 is 0 Å². The Morgan fingerprint density at radius 3 is 2.68 bits per heavy atom. The minimum absolute atomic E-state index is 0. The van der Waals surface area contributed by atoms with E-state index in [4.69, 9.17) is 9.47 Å². The first kappa shape index (κ1) is 22.0. The highest BCUT2D eigenvalue weighted by Crippen LogP contribution is 2.22. The van der Waals surface area contributed by atoms with Crippen molar-refractivity contribution in [2.75, 3.05) is 46.5 Å². The molecule has 0 radical (unpaired) electrons. The molecule has 1 aromatic carbocycles. The standard InChI is InChI=1S/C15H23BrN2O2.2ClH/c1-19-15-4-3-14(16)11-13(15)12-17-5-2-6-18-7-9-20-10-8-18;;/h3-4,11,17H,2,5-10,12H2,1H3;2*1H. The highest BCUT2D eigenvalue weighted by molar-refractivity contribution is 9.10. The van der Waals surface area contributed by atoms with Gasteiger partial charge in [-0.2, -0.15) is 0 Å². The Morgan fingerprint density at radius 1 is 1.27 bits per heavy atom. The highest BCUT2D eigenvalue weighted by Gasteiger charge is 2.09. The first-order valence-electron chi connectivity index (χ1n) is 7.13. The van der Waals surface area contributed by atoms with Gasteiger partial charge in [0.05, 0.1) is 20.3 Å². The largest absolute Gasteiger partial charge is 0.496 e. The van der Waals surface area contributed by atoms with E-state index in [-0.39, 0.29) is 24.8 Å². The van der Waals surface area contributed by atoms with Crippen LogP contribution in [0.3, 0.4) is 0 Å². The SMILES string of the molecule is COc1ccc(Br)cc1CNCCCN1CCOCC1.Cl.Cl. The summed E-state index contributed by atoms with van der Waals surface area (Å²) in [5.74, 6) is 0.939. The van der Waals surface area contributed by atoms with Crippen LogP contribution in [-0.2, 0) is 11.3 Å². The lowest BCUT2D eigenvalue weighted by atomic mass is 10.2. The third-order valence-corrected chi connectivity index (χ3v) is 3.98. The van der Waals surface area contributed by atoms with Crippen LogP contribution in [0.25, 0.3) is 0 Å². The van der Waals surface area contributed by atoms with Gasteiger partial charge in [0.15, 0.2) is 0 Å². The predicted molar refractivity (Wildman–Crippen MR) is 98.8 cm³/mol. The summed E-state index contributed by atoms with van der Waals surface area (Å²) in [6.07, 6.45) is 1.16. The molecule has 1 saturated heterocycles. The van der Waals surface area contributed by atoms with E-state index in [9.17, 15) is 0 Å². The van der Waals surface area contributed by atoms with Gasteiger partial charge in [-0.15, -0.1) is 24.8 Å². The molecule has 0 bridgehead atoms. The number of rotatable bonds is 7. The summed E-state index contributed by atoms with van der Waals surface area (Å²) in [5.41, 5.74) is 1.19. The van der Waals surface area contributed by atoms with Gasteiger partial charge in [0.25, 0.3) is 0 Å². The minimum atomic E-state index is 0. The molecule has 1 heterocycles. The van der Waals surface area contributed by atoms with E-state index in [1.165, 1.54) is 5.56 Å². The molecule has 0 aromatic heterocycles. The van der Waals surface area contributed by atoms with Gasteiger partial charge in [-0.25, -0.2) is 0 Å². The molecule has 0 saturated carbocycles. The van der Waals surface area contributed by atoms with Crippen LogP contribution < -0.4 is 10.1 Å². The topological polar surface area (TPSA) is 33.7 Å². The predicted octanol–water partition coefficient (Wildman–Crippen LogP) is 3.11. The summed E-state index contributed by atoms with van der Waals surface area (Å²) < 4.78 is 11.8.